The van der Waals surface area contributed by atoms with Crippen molar-refractivity contribution in [2.45, 2.75) is 41.0 Å². The molecule has 6 heteroatoms. The fourth-order valence-electron chi connectivity index (χ4n) is 2.09. The van der Waals surface area contributed by atoms with Gasteiger partial charge in [-0.1, -0.05) is 45.9 Å². The second-order valence-corrected chi connectivity index (χ2v) is 5.55. The molecular formula is C18H23CrNO4. The molecule has 0 saturated carbocycles. The van der Waals surface area contributed by atoms with Crippen LogP contribution in [0.1, 0.15) is 38.8 Å². The molecule has 0 aliphatic rings. The minimum atomic E-state index is -0.345. The van der Waals surface area contributed by atoms with Crippen LogP contribution >= 0.6 is 0 Å². The van der Waals surface area contributed by atoms with E-state index in [1.807, 2.05) is 33.9 Å². The Labute approximate surface area is 155 Å². The summed E-state index contributed by atoms with van der Waals surface area (Å²) in [6.45, 7) is 23.5. The summed E-state index contributed by atoms with van der Waals surface area (Å²) < 4.78 is 22.5. The van der Waals surface area contributed by atoms with Gasteiger partial charge in [-0.05, 0) is 24.5 Å². The number of hydrogen-bond donors (Lipinski definition) is 0. The van der Waals surface area contributed by atoms with Crippen LogP contribution in [0.25, 0.3) is 0 Å². The number of benzene rings is 1. The van der Waals surface area contributed by atoms with E-state index in [1.165, 1.54) is 5.56 Å². The van der Waals surface area contributed by atoms with Gasteiger partial charge in [0.05, 0.1) is 0 Å². The molecule has 0 atom stereocenters. The van der Waals surface area contributed by atoms with Gasteiger partial charge < -0.3 is 4.90 Å². The van der Waals surface area contributed by atoms with Crippen molar-refractivity contribution in [2.24, 2.45) is 5.41 Å². The van der Waals surface area contributed by atoms with Gasteiger partial charge in [0, 0.05) is 35.5 Å². The van der Waals surface area contributed by atoms with Crippen LogP contribution in [-0.2, 0) is 42.5 Å². The summed E-state index contributed by atoms with van der Waals surface area (Å²) in [6, 6.07) is 6.20. The van der Waals surface area contributed by atoms with E-state index in [0.29, 0.717) is 0 Å². The van der Waals surface area contributed by atoms with Crippen molar-refractivity contribution in [3.63, 3.8) is 0 Å². The van der Waals surface area contributed by atoms with E-state index < -0.39 is 0 Å². The van der Waals surface area contributed by atoms with Crippen LogP contribution in [0, 0.1) is 32.3 Å². The Morgan fingerprint density at radius 1 is 1.08 bits per heavy atom. The zero-order chi connectivity index (χ0) is 19.2. The molecule has 5 nitrogen and oxygen atoms in total. The predicted molar refractivity (Wildman–Crippen MR) is 85.2 cm³/mol. The second kappa shape index (κ2) is 16.3. The molecule has 0 aliphatic carbocycles. The molecule has 0 bridgehead atoms. The van der Waals surface area contributed by atoms with E-state index in [2.05, 4.69) is 45.9 Å². The number of nitrogens with zero attached hydrogens (tertiary/aromatic N) is 1. The molecule has 1 rings (SSSR count). The fourth-order valence-corrected chi connectivity index (χ4v) is 2.09. The number of para-hydroxylation sites is 1. The van der Waals surface area contributed by atoms with E-state index in [4.69, 9.17) is 14.0 Å². The van der Waals surface area contributed by atoms with Crippen LogP contribution < -0.4 is 4.90 Å². The molecular weight excluding hydrogens is 346 g/mol. The fraction of sp³-hybridized carbons (Fsp3) is 0.444. The van der Waals surface area contributed by atoms with Crippen molar-refractivity contribution in [1.82, 2.24) is 0 Å². The number of amides is 1. The monoisotopic (exact) mass is 369 g/mol. The van der Waals surface area contributed by atoms with Crippen LogP contribution in [0.15, 0.2) is 18.2 Å². The molecule has 0 N–H and O–H groups in total. The molecule has 24 heavy (non-hydrogen) atoms. The molecule has 0 aromatic heterocycles. The van der Waals surface area contributed by atoms with Gasteiger partial charge in [0.15, 0.2) is 0 Å². The summed E-state index contributed by atoms with van der Waals surface area (Å²) in [5.74, 6) is 0.154. The number of rotatable bonds is 2. The third-order valence-corrected chi connectivity index (χ3v) is 2.98. The zero-order valence-corrected chi connectivity index (χ0v) is 16.2. The first-order valence-corrected chi connectivity index (χ1v) is 6.77. The van der Waals surface area contributed by atoms with Gasteiger partial charge in [-0.3, -0.25) is 4.79 Å². The smallest absolute Gasteiger partial charge is 0 e. The van der Waals surface area contributed by atoms with Crippen molar-refractivity contribution in [2.75, 3.05) is 11.9 Å². The average Bonchev–Trinajstić information content (AvgIpc) is 2.57. The Morgan fingerprint density at radius 2 is 1.50 bits per heavy atom. The van der Waals surface area contributed by atoms with Crippen LogP contribution in [-0.4, -0.2) is 13.0 Å². The third-order valence-electron chi connectivity index (χ3n) is 2.98. The van der Waals surface area contributed by atoms with Crippen LogP contribution in [0.2, 0.25) is 0 Å². The number of anilines is 1. The summed E-state index contributed by atoms with van der Waals surface area (Å²) >= 11 is 0. The van der Waals surface area contributed by atoms with E-state index >= 15 is 0 Å². The van der Waals surface area contributed by atoms with Crippen LogP contribution in [0.3, 0.4) is 0 Å². The van der Waals surface area contributed by atoms with Crippen molar-refractivity contribution in [3.05, 3.63) is 49.3 Å². The third kappa shape index (κ3) is 9.55. The van der Waals surface area contributed by atoms with E-state index in [-0.39, 0.29) is 28.7 Å². The maximum absolute atomic E-state index is 12.3. The van der Waals surface area contributed by atoms with Crippen molar-refractivity contribution >= 4 is 11.6 Å². The Kier molecular flexibility index (Phi) is 20.6. The van der Waals surface area contributed by atoms with E-state index in [1.54, 1.807) is 4.90 Å². The van der Waals surface area contributed by atoms with E-state index in [0.717, 1.165) is 17.7 Å². The summed E-state index contributed by atoms with van der Waals surface area (Å²) in [5, 5.41) is 0. The van der Waals surface area contributed by atoms with Crippen molar-refractivity contribution < 1.29 is 36.1 Å². The minimum Gasteiger partial charge on any atom is 0 e. The van der Waals surface area contributed by atoms with Gasteiger partial charge in [-0.25, -0.2) is 0 Å². The molecule has 130 valence electrons. The molecule has 0 unspecified atom stereocenters. The first-order chi connectivity index (χ1) is 10.8. The number of hydrogen-bond acceptors (Lipinski definition) is 1. The first-order valence-electron chi connectivity index (χ1n) is 6.77. The van der Waals surface area contributed by atoms with Gasteiger partial charge in [-0.2, -0.15) is 0 Å². The number of aryl methyl sites for hydroxylation is 2. The molecule has 0 heterocycles. The molecule has 0 radical (unpaired) electrons. The molecule has 1 aromatic carbocycles. The number of carbonyl (C=O) groups excluding carboxylic acids is 1. The van der Waals surface area contributed by atoms with Crippen LogP contribution in [0.4, 0.5) is 5.69 Å². The zero-order valence-electron chi connectivity index (χ0n) is 14.9. The normalized spacial score (nSPS) is 8.33. The second-order valence-electron chi connectivity index (χ2n) is 5.55. The van der Waals surface area contributed by atoms with Gasteiger partial charge in [0.1, 0.15) is 0 Å². The Hall–Kier alpha value is -1.56. The predicted octanol–water partition coefficient (Wildman–Crippen LogP) is 3.45. The van der Waals surface area contributed by atoms with Crippen LogP contribution in [0.5, 0.6) is 0 Å². The Balaban J connectivity index is -0.000000256. The minimum absolute atomic E-state index is 0. The first kappa shape index (κ1) is 30.3. The van der Waals surface area contributed by atoms with Gasteiger partial charge >= 0.3 is 33.9 Å². The summed E-state index contributed by atoms with van der Waals surface area (Å²) in [4.78, 5) is 14.1. The quantitative estimate of drug-likeness (QED) is 0.581. The van der Waals surface area contributed by atoms with Gasteiger partial charge in [0.25, 0.3) is 0 Å². The molecule has 1 aromatic rings. The van der Waals surface area contributed by atoms with Crippen molar-refractivity contribution in [3.8, 4) is 0 Å². The van der Waals surface area contributed by atoms with Gasteiger partial charge in [0.2, 0.25) is 5.91 Å². The summed E-state index contributed by atoms with van der Waals surface area (Å²) in [6.07, 6.45) is 0.943. The molecule has 0 fully saturated rings. The molecule has 0 aliphatic heterocycles. The Morgan fingerprint density at radius 3 is 1.83 bits per heavy atom. The Bertz CT molecular complexity index is 528. The van der Waals surface area contributed by atoms with E-state index in [9.17, 15) is 4.79 Å². The maximum atomic E-state index is 12.3. The molecule has 0 spiro atoms. The molecule has 1 amide bonds. The van der Waals surface area contributed by atoms with Gasteiger partial charge in [-0.15, -0.1) is 0 Å². The largest absolute Gasteiger partial charge is 0 e. The summed E-state index contributed by atoms with van der Waals surface area (Å²) in [7, 11) is 1.87. The topological polar surface area (TPSA) is 80.0 Å². The standard InChI is InChI=1S/C15H23NO.3CO.Cr/c1-7-12-10-8-9-11(2)13(12)16(6)14(17)15(3,4)5;3*1-2;/h8-10H,7H2,1-6H3;;;;. The molecule has 0 saturated heterocycles. The van der Waals surface area contributed by atoms with Crippen molar-refractivity contribution in [1.29, 1.82) is 0 Å². The summed E-state index contributed by atoms with van der Waals surface area (Å²) in [5.41, 5.74) is 3.10. The SMILES string of the molecule is CCc1cccc(C)c1N(C)C(=O)C(C)(C)C.[C-]#[O+].[C-]#[O+].[C-]#[O+].[Cr]. The maximum Gasteiger partial charge on any atom is 0 e. The number of carbonyl (C=O) groups is 1. The average molecular weight is 369 g/mol.